The van der Waals surface area contributed by atoms with Gasteiger partial charge in [-0.05, 0) is 42.0 Å². The molecular weight excluding hydrogens is 274 g/mol. The Balaban J connectivity index is 1.97. The Kier molecular flexibility index (Phi) is 4.42. The average Bonchev–Trinajstić information content (AvgIpc) is 2.46. The molecule has 0 fully saturated rings. The first kappa shape index (κ1) is 14.1. The fourth-order valence-electron chi connectivity index (χ4n) is 1.63. The van der Waals surface area contributed by atoms with Gasteiger partial charge in [0.2, 0.25) is 5.91 Å². The molecule has 102 valence electrons. The Morgan fingerprint density at radius 2 is 1.50 bits per heavy atom. The van der Waals surface area contributed by atoms with Crippen LogP contribution in [0, 0.1) is 0 Å². The van der Waals surface area contributed by atoms with Crippen molar-refractivity contribution in [3.05, 3.63) is 65.2 Å². The monoisotopic (exact) mass is 287 g/mol. The van der Waals surface area contributed by atoms with Crippen molar-refractivity contribution in [3.63, 3.8) is 0 Å². The normalized spacial score (nSPS) is 10.2. The second kappa shape index (κ2) is 6.25. The van der Waals surface area contributed by atoms with Gasteiger partial charge in [-0.25, -0.2) is 4.79 Å². The highest BCUT2D eigenvalue weighted by molar-refractivity contribution is 7.98. The molecule has 0 aliphatic heterocycles. The van der Waals surface area contributed by atoms with Gasteiger partial charge in [0, 0.05) is 16.2 Å². The van der Waals surface area contributed by atoms with Crippen LogP contribution in [0.3, 0.4) is 0 Å². The van der Waals surface area contributed by atoms with Crippen LogP contribution in [0.25, 0.3) is 0 Å². The molecule has 0 unspecified atom stereocenters. The summed E-state index contributed by atoms with van der Waals surface area (Å²) in [6.45, 7) is 0. The Labute approximate surface area is 120 Å². The topological polar surface area (TPSA) is 80.4 Å². The van der Waals surface area contributed by atoms with Crippen LogP contribution in [0.1, 0.15) is 26.3 Å². The van der Waals surface area contributed by atoms with Gasteiger partial charge in [0.25, 0.3) is 0 Å². The highest BCUT2D eigenvalue weighted by atomic mass is 32.2. The maximum atomic E-state index is 10.9. The average molecular weight is 287 g/mol. The SMILES string of the molecule is NC(=O)c1ccc(CSc2ccc(C(=O)O)cc2)cc1. The predicted molar refractivity (Wildman–Crippen MR) is 77.9 cm³/mol. The van der Waals surface area contributed by atoms with E-state index in [-0.39, 0.29) is 5.56 Å². The number of aromatic carboxylic acids is 1. The van der Waals surface area contributed by atoms with E-state index in [9.17, 15) is 9.59 Å². The molecule has 2 aromatic carbocycles. The lowest BCUT2D eigenvalue weighted by Gasteiger charge is -2.03. The largest absolute Gasteiger partial charge is 0.478 e. The minimum absolute atomic E-state index is 0.278. The zero-order chi connectivity index (χ0) is 14.5. The van der Waals surface area contributed by atoms with E-state index in [1.54, 1.807) is 48.2 Å². The molecule has 0 radical (unpaired) electrons. The number of benzene rings is 2. The molecule has 2 rings (SSSR count). The van der Waals surface area contributed by atoms with Crippen molar-refractivity contribution in [1.82, 2.24) is 0 Å². The standard InChI is InChI=1S/C15H13NO3S/c16-14(17)11-3-1-10(2-4-11)9-20-13-7-5-12(6-8-13)15(18)19/h1-8H,9H2,(H2,16,17)(H,18,19). The molecule has 1 amide bonds. The van der Waals surface area contributed by atoms with E-state index in [1.165, 1.54) is 0 Å². The summed E-state index contributed by atoms with van der Waals surface area (Å²) in [6, 6.07) is 13.9. The third-order valence-electron chi connectivity index (χ3n) is 2.75. The van der Waals surface area contributed by atoms with Crippen LogP contribution in [-0.4, -0.2) is 17.0 Å². The van der Waals surface area contributed by atoms with Gasteiger partial charge in [0.05, 0.1) is 5.56 Å². The maximum absolute atomic E-state index is 10.9. The summed E-state index contributed by atoms with van der Waals surface area (Å²) >= 11 is 1.60. The van der Waals surface area contributed by atoms with Crippen molar-refractivity contribution in [2.45, 2.75) is 10.6 Å². The zero-order valence-electron chi connectivity index (χ0n) is 10.6. The van der Waals surface area contributed by atoms with Gasteiger partial charge in [-0.1, -0.05) is 12.1 Å². The van der Waals surface area contributed by atoms with Crippen LogP contribution in [0.5, 0.6) is 0 Å². The quantitative estimate of drug-likeness (QED) is 0.829. The van der Waals surface area contributed by atoms with Crippen molar-refractivity contribution in [1.29, 1.82) is 0 Å². The molecule has 0 saturated carbocycles. The minimum Gasteiger partial charge on any atom is -0.478 e. The van der Waals surface area contributed by atoms with Gasteiger partial charge in [-0.2, -0.15) is 0 Å². The molecule has 3 N–H and O–H groups in total. The zero-order valence-corrected chi connectivity index (χ0v) is 11.4. The molecule has 5 heteroatoms. The number of rotatable bonds is 5. The predicted octanol–water partition coefficient (Wildman–Crippen LogP) is 2.78. The smallest absolute Gasteiger partial charge is 0.335 e. The number of carboxylic acid groups (broad SMARTS) is 1. The van der Waals surface area contributed by atoms with Crippen LogP contribution in [-0.2, 0) is 5.75 Å². The van der Waals surface area contributed by atoms with Crippen molar-refractivity contribution in [3.8, 4) is 0 Å². The second-order valence-electron chi connectivity index (χ2n) is 4.18. The number of primary amides is 1. The molecule has 0 atom stereocenters. The van der Waals surface area contributed by atoms with Crippen LogP contribution in [0.15, 0.2) is 53.4 Å². The number of carbonyl (C=O) groups is 2. The van der Waals surface area contributed by atoms with Crippen molar-refractivity contribution >= 4 is 23.6 Å². The van der Waals surface area contributed by atoms with Gasteiger partial charge in [0.1, 0.15) is 0 Å². The molecule has 0 aromatic heterocycles. The van der Waals surface area contributed by atoms with E-state index >= 15 is 0 Å². The summed E-state index contributed by atoms with van der Waals surface area (Å²) in [6.07, 6.45) is 0. The van der Waals surface area contributed by atoms with Crippen LogP contribution < -0.4 is 5.73 Å². The maximum Gasteiger partial charge on any atom is 0.335 e. The van der Waals surface area contributed by atoms with Gasteiger partial charge < -0.3 is 10.8 Å². The first-order chi connectivity index (χ1) is 9.56. The number of thioether (sulfide) groups is 1. The van der Waals surface area contributed by atoms with Crippen molar-refractivity contribution < 1.29 is 14.7 Å². The number of hydrogen-bond donors (Lipinski definition) is 2. The molecule has 4 nitrogen and oxygen atoms in total. The third kappa shape index (κ3) is 3.61. The van der Waals surface area contributed by atoms with E-state index < -0.39 is 11.9 Å². The van der Waals surface area contributed by atoms with Gasteiger partial charge >= 0.3 is 5.97 Å². The number of amides is 1. The summed E-state index contributed by atoms with van der Waals surface area (Å²) in [5, 5.41) is 8.81. The first-order valence-corrected chi connectivity index (χ1v) is 6.90. The number of carbonyl (C=O) groups excluding carboxylic acids is 1. The molecule has 0 aliphatic rings. The lowest BCUT2D eigenvalue weighted by molar-refractivity contribution is 0.0696. The molecule has 0 saturated heterocycles. The molecular formula is C15H13NO3S. The summed E-state index contributed by atoms with van der Waals surface area (Å²) in [7, 11) is 0. The summed E-state index contributed by atoms with van der Waals surface area (Å²) in [4.78, 5) is 22.7. The molecule has 0 spiro atoms. The molecule has 2 aromatic rings. The summed E-state index contributed by atoms with van der Waals surface area (Å²) in [5.74, 6) is -0.622. The fourth-order valence-corrected chi connectivity index (χ4v) is 2.48. The van der Waals surface area contributed by atoms with Crippen molar-refractivity contribution in [2.24, 2.45) is 5.73 Å². The Hall–Kier alpha value is -2.27. The number of nitrogens with two attached hydrogens (primary N) is 1. The van der Waals surface area contributed by atoms with Gasteiger partial charge in [0.15, 0.2) is 0 Å². The van der Waals surface area contributed by atoms with E-state index in [0.717, 1.165) is 16.2 Å². The van der Waals surface area contributed by atoms with Crippen LogP contribution >= 0.6 is 11.8 Å². The number of carboxylic acids is 1. The Bertz CT molecular complexity index is 563. The second-order valence-corrected chi connectivity index (χ2v) is 5.23. The third-order valence-corrected chi connectivity index (χ3v) is 3.83. The highest BCUT2D eigenvalue weighted by Gasteiger charge is 2.03. The lowest BCUT2D eigenvalue weighted by atomic mass is 10.1. The van der Waals surface area contributed by atoms with Crippen LogP contribution in [0.4, 0.5) is 0 Å². The highest BCUT2D eigenvalue weighted by Crippen LogP contribution is 2.23. The molecule has 20 heavy (non-hydrogen) atoms. The van der Waals surface area contributed by atoms with E-state index in [4.69, 9.17) is 10.8 Å². The summed E-state index contributed by atoms with van der Waals surface area (Å²) < 4.78 is 0. The Morgan fingerprint density at radius 1 is 0.950 bits per heavy atom. The van der Waals surface area contributed by atoms with Crippen molar-refractivity contribution in [2.75, 3.05) is 0 Å². The molecule has 0 heterocycles. The minimum atomic E-state index is -0.927. The first-order valence-electron chi connectivity index (χ1n) is 5.91. The lowest BCUT2D eigenvalue weighted by Crippen LogP contribution is -2.10. The molecule has 0 aliphatic carbocycles. The Morgan fingerprint density at radius 3 is 2.00 bits per heavy atom. The summed E-state index contributed by atoms with van der Waals surface area (Å²) in [5.41, 5.74) is 7.02. The van der Waals surface area contributed by atoms with Crippen LogP contribution in [0.2, 0.25) is 0 Å². The number of hydrogen-bond acceptors (Lipinski definition) is 3. The van der Waals surface area contributed by atoms with Gasteiger partial charge in [-0.3, -0.25) is 4.79 Å². The molecule has 0 bridgehead atoms. The fraction of sp³-hybridized carbons (Fsp3) is 0.0667. The van der Waals surface area contributed by atoms with Gasteiger partial charge in [-0.15, -0.1) is 11.8 Å². The van der Waals surface area contributed by atoms with E-state index in [0.29, 0.717) is 5.56 Å². The van der Waals surface area contributed by atoms with E-state index in [1.807, 2.05) is 12.1 Å². The van der Waals surface area contributed by atoms with E-state index in [2.05, 4.69) is 0 Å².